The third kappa shape index (κ3) is 3.76. The molecule has 19 heavy (non-hydrogen) atoms. The molecule has 0 spiro atoms. The zero-order chi connectivity index (χ0) is 14.0. The number of nitrogens with one attached hydrogen (secondary N) is 1. The van der Waals surface area contributed by atoms with Gasteiger partial charge in [0.15, 0.2) is 0 Å². The monoisotopic (exact) mass is 326 g/mol. The Morgan fingerprint density at radius 2 is 2.26 bits per heavy atom. The molecule has 0 unspecified atom stereocenters. The van der Waals surface area contributed by atoms with Crippen LogP contribution in [0, 0.1) is 5.92 Å². The second-order valence-corrected chi connectivity index (χ2v) is 6.30. The van der Waals surface area contributed by atoms with E-state index >= 15 is 0 Å². The number of carbonyl (C=O) groups is 1. The lowest BCUT2D eigenvalue weighted by Crippen LogP contribution is -2.35. The Bertz CT molecular complexity index is 473. The van der Waals surface area contributed by atoms with Crippen molar-refractivity contribution in [1.82, 2.24) is 10.3 Å². The molecule has 1 aromatic rings. The minimum absolute atomic E-state index is 0.129. The summed E-state index contributed by atoms with van der Waals surface area (Å²) in [7, 11) is 0. The van der Waals surface area contributed by atoms with Gasteiger partial charge in [-0.05, 0) is 40.8 Å². The van der Waals surface area contributed by atoms with Crippen molar-refractivity contribution < 1.29 is 9.90 Å². The Morgan fingerprint density at radius 1 is 1.58 bits per heavy atom. The first-order valence-electron chi connectivity index (χ1n) is 6.60. The van der Waals surface area contributed by atoms with Crippen LogP contribution in [0.1, 0.15) is 48.7 Å². The molecule has 0 aromatic carbocycles. The number of pyridine rings is 1. The van der Waals surface area contributed by atoms with Crippen molar-refractivity contribution in [1.29, 1.82) is 0 Å². The van der Waals surface area contributed by atoms with E-state index in [-0.39, 0.29) is 18.4 Å². The van der Waals surface area contributed by atoms with E-state index in [1.165, 1.54) is 0 Å². The summed E-state index contributed by atoms with van der Waals surface area (Å²) in [6, 6.07) is 1.80. The smallest absolute Gasteiger partial charge is 0.253 e. The molecule has 2 N–H and O–H groups in total. The topological polar surface area (TPSA) is 62.2 Å². The Kier molecular flexibility index (Phi) is 4.58. The van der Waals surface area contributed by atoms with Crippen LogP contribution in [0.4, 0.5) is 0 Å². The van der Waals surface area contributed by atoms with E-state index in [0.29, 0.717) is 11.5 Å². The standard InChI is InChI=1S/C14H19BrN2O2/c1-8(2)12(18)7-17-14(19)11-5-10(15)6-16-13(11)9-3-4-9/h5-6,8-9,12,18H,3-4,7H2,1-2H3,(H,17,19)/t12-/m0/s1. The number of aliphatic hydroxyl groups is 1. The predicted molar refractivity (Wildman–Crippen MR) is 77.1 cm³/mol. The van der Waals surface area contributed by atoms with Crippen molar-refractivity contribution in [3.8, 4) is 0 Å². The molecular formula is C14H19BrN2O2. The lowest BCUT2D eigenvalue weighted by atomic mass is 10.1. The summed E-state index contributed by atoms with van der Waals surface area (Å²) in [5.41, 5.74) is 1.49. The minimum atomic E-state index is -0.520. The average molecular weight is 327 g/mol. The van der Waals surface area contributed by atoms with Crippen molar-refractivity contribution in [3.05, 3.63) is 28.0 Å². The van der Waals surface area contributed by atoms with Crippen molar-refractivity contribution in [2.75, 3.05) is 6.54 Å². The van der Waals surface area contributed by atoms with Gasteiger partial charge in [-0.25, -0.2) is 0 Å². The van der Waals surface area contributed by atoms with Crippen LogP contribution in [0.3, 0.4) is 0 Å². The van der Waals surface area contributed by atoms with E-state index in [4.69, 9.17) is 0 Å². The SMILES string of the molecule is CC(C)[C@@H](O)CNC(=O)c1cc(Br)cnc1C1CC1. The average Bonchev–Trinajstić information content (AvgIpc) is 3.19. The van der Waals surface area contributed by atoms with Gasteiger partial charge in [0.05, 0.1) is 17.4 Å². The van der Waals surface area contributed by atoms with Gasteiger partial charge in [0.1, 0.15) is 0 Å². The summed E-state index contributed by atoms with van der Waals surface area (Å²) in [4.78, 5) is 16.5. The molecular weight excluding hydrogens is 308 g/mol. The van der Waals surface area contributed by atoms with E-state index in [0.717, 1.165) is 23.0 Å². The minimum Gasteiger partial charge on any atom is -0.391 e. The fourth-order valence-electron chi connectivity index (χ4n) is 1.84. The van der Waals surface area contributed by atoms with E-state index in [1.54, 1.807) is 12.3 Å². The second-order valence-electron chi connectivity index (χ2n) is 5.38. The highest BCUT2D eigenvalue weighted by molar-refractivity contribution is 9.10. The molecule has 104 valence electrons. The van der Waals surface area contributed by atoms with Gasteiger partial charge in [-0.2, -0.15) is 0 Å². The Morgan fingerprint density at radius 3 is 2.84 bits per heavy atom. The maximum atomic E-state index is 12.2. The van der Waals surface area contributed by atoms with E-state index in [2.05, 4.69) is 26.2 Å². The first kappa shape index (κ1) is 14.5. The lowest BCUT2D eigenvalue weighted by Gasteiger charge is -2.16. The third-order valence-corrected chi connectivity index (χ3v) is 3.77. The maximum absolute atomic E-state index is 12.2. The van der Waals surface area contributed by atoms with E-state index in [1.807, 2.05) is 13.8 Å². The zero-order valence-corrected chi connectivity index (χ0v) is 12.8. The molecule has 1 heterocycles. The van der Waals surface area contributed by atoms with Crippen LogP contribution in [0.15, 0.2) is 16.7 Å². The van der Waals surface area contributed by atoms with Gasteiger partial charge in [-0.3, -0.25) is 9.78 Å². The number of carbonyl (C=O) groups excluding carboxylic acids is 1. The molecule has 0 bridgehead atoms. The van der Waals surface area contributed by atoms with Crippen LogP contribution in [0.2, 0.25) is 0 Å². The van der Waals surface area contributed by atoms with Crippen LogP contribution in [0.25, 0.3) is 0 Å². The van der Waals surface area contributed by atoms with Crippen LogP contribution < -0.4 is 5.32 Å². The molecule has 1 amide bonds. The fourth-order valence-corrected chi connectivity index (χ4v) is 2.17. The van der Waals surface area contributed by atoms with Crippen LogP contribution in [-0.2, 0) is 0 Å². The Balaban J connectivity index is 2.07. The summed E-state index contributed by atoms with van der Waals surface area (Å²) >= 11 is 3.35. The lowest BCUT2D eigenvalue weighted by molar-refractivity contribution is 0.0870. The molecule has 1 atom stereocenters. The van der Waals surface area contributed by atoms with Gasteiger partial charge < -0.3 is 10.4 Å². The third-order valence-electron chi connectivity index (χ3n) is 3.34. The molecule has 2 rings (SSSR count). The highest BCUT2D eigenvalue weighted by atomic mass is 79.9. The van der Waals surface area contributed by atoms with Crippen molar-refractivity contribution >= 4 is 21.8 Å². The first-order valence-corrected chi connectivity index (χ1v) is 7.40. The summed E-state index contributed by atoms with van der Waals surface area (Å²) in [5, 5.41) is 12.5. The highest BCUT2D eigenvalue weighted by Crippen LogP contribution is 2.40. The molecule has 1 fully saturated rings. The number of aliphatic hydroxyl groups excluding tert-OH is 1. The van der Waals surface area contributed by atoms with E-state index < -0.39 is 6.10 Å². The van der Waals surface area contributed by atoms with Crippen LogP contribution >= 0.6 is 15.9 Å². The first-order chi connectivity index (χ1) is 8.99. The molecule has 0 aliphatic heterocycles. The van der Waals surface area contributed by atoms with Gasteiger partial charge in [0, 0.05) is 23.1 Å². The van der Waals surface area contributed by atoms with Crippen LogP contribution in [-0.4, -0.2) is 28.6 Å². The predicted octanol–water partition coefficient (Wildman–Crippen LogP) is 2.47. The van der Waals surface area contributed by atoms with Crippen LogP contribution in [0.5, 0.6) is 0 Å². The maximum Gasteiger partial charge on any atom is 0.253 e. The van der Waals surface area contributed by atoms with E-state index in [9.17, 15) is 9.90 Å². The fraction of sp³-hybridized carbons (Fsp3) is 0.571. The second kappa shape index (κ2) is 6.01. The quantitative estimate of drug-likeness (QED) is 0.873. The van der Waals surface area contributed by atoms with Crippen molar-refractivity contribution in [3.63, 3.8) is 0 Å². The number of aromatic nitrogens is 1. The summed E-state index contributed by atoms with van der Waals surface area (Å²) in [5.74, 6) is 0.392. The Hall–Kier alpha value is -0.940. The van der Waals surface area contributed by atoms with Gasteiger partial charge in [0.25, 0.3) is 5.91 Å². The molecule has 4 nitrogen and oxygen atoms in total. The van der Waals surface area contributed by atoms with Gasteiger partial charge >= 0.3 is 0 Å². The molecule has 0 saturated heterocycles. The normalized spacial score (nSPS) is 16.5. The molecule has 0 radical (unpaired) electrons. The van der Waals surface area contributed by atoms with Gasteiger partial charge in [0.2, 0.25) is 0 Å². The number of halogens is 1. The van der Waals surface area contributed by atoms with Crippen molar-refractivity contribution in [2.45, 2.75) is 38.7 Å². The summed E-state index contributed by atoms with van der Waals surface area (Å²) in [6.07, 6.45) is 3.41. The number of hydrogen-bond acceptors (Lipinski definition) is 3. The van der Waals surface area contributed by atoms with Crippen molar-refractivity contribution in [2.24, 2.45) is 5.92 Å². The largest absolute Gasteiger partial charge is 0.391 e. The molecule has 1 aliphatic carbocycles. The number of hydrogen-bond donors (Lipinski definition) is 2. The number of amides is 1. The summed E-state index contributed by atoms with van der Waals surface area (Å²) < 4.78 is 0.798. The molecule has 1 aromatic heterocycles. The molecule has 1 aliphatic rings. The number of rotatable bonds is 5. The van der Waals surface area contributed by atoms with Gasteiger partial charge in [-0.15, -0.1) is 0 Å². The number of nitrogens with zero attached hydrogens (tertiary/aromatic N) is 1. The zero-order valence-electron chi connectivity index (χ0n) is 11.2. The van der Waals surface area contributed by atoms with Gasteiger partial charge in [-0.1, -0.05) is 13.8 Å². The summed E-state index contributed by atoms with van der Waals surface area (Å²) in [6.45, 7) is 4.12. The molecule has 5 heteroatoms. The Labute approximate surface area is 121 Å². The molecule has 1 saturated carbocycles. The highest BCUT2D eigenvalue weighted by Gasteiger charge is 2.29.